The van der Waals surface area contributed by atoms with Gasteiger partial charge in [0.05, 0.1) is 12.8 Å². The molecule has 0 saturated heterocycles. The predicted octanol–water partition coefficient (Wildman–Crippen LogP) is 4.96. The van der Waals surface area contributed by atoms with E-state index in [-0.39, 0.29) is 0 Å². The number of rotatable bonds is 6. The monoisotopic (exact) mass is 345 g/mol. The molecule has 0 bridgehead atoms. The standard InChI is InChI=1S/C17H19N3OS2/c1-11-7-12(2)15(13(3)8-11)10-22-17-20-19-16(23-17)18-9-14-5-4-6-21-14/h4-8H,9-10H2,1-3H3,(H,18,19). The van der Waals surface area contributed by atoms with E-state index in [1.165, 1.54) is 22.3 Å². The molecule has 0 aliphatic heterocycles. The third-order valence-corrected chi connectivity index (χ3v) is 5.62. The Kier molecular flexibility index (Phi) is 5.03. The molecular weight excluding hydrogens is 326 g/mol. The van der Waals surface area contributed by atoms with E-state index >= 15 is 0 Å². The molecule has 0 amide bonds. The predicted molar refractivity (Wildman–Crippen MR) is 96.2 cm³/mol. The summed E-state index contributed by atoms with van der Waals surface area (Å²) < 4.78 is 6.27. The van der Waals surface area contributed by atoms with Gasteiger partial charge in [0.25, 0.3) is 0 Å². The quantitative estimate of drug-likeness (QED) is 0.640. The van der Waals surface area contributed by atoms with E-state index in [9.17, 15) is 0 Å². The molecule has 120 valence electrons. The normalized spacial score (nSPS) is 10.9. The molecule has 2 aromatic heterocycles. The number of nitrogens with zero attached hydrogens (tertiary/aromatic N) is 2. The third-order valence-electron chi connectivity index (χ3n) is 3.58. The van der Waals surface area contributed by atoms with Gasteiger partial charge in [-0.1, -0.05) is 40.8 Å². The third kappa shape index (κ3) is 4.14. The van der Waals surface area contributed by atoms with Crippen LogP contribution >= 0.6 is 23.1 Å². The SMILES string of the molecule is Cc1cc(C)c(CSc2nnc(NCc3ccco3)s2)c(C)c1. The highest BCUT2D eigenvalue weighted by Gasteiger charge is 2.09. The summed E-state index contributed by atoms with van der Waals surface area (Å²) in [5.41, 5.74) is 5.39. The van der Waals surface area contributed by atoms with Crippen LogP contribution in [-0.4, -0.2) is 10.2 Å². The molecule has 0 aliphatic rings. The topological polar surface area (TPSA) is 51.0 Å². The van der Waals surface area contributed by atoms with Crippen LogP contribution in [0.3, 0.4) is 0 Å². The number of hydrogen-bond acceptors (Lipinski definition) is 6. The molecule has 1 aromatic carbocycles. The van der Waals surface area contributed by atoms with Gasteiger partial charge in [-0.05, 0) is 49.6 Å². The summed E-state index contributed by atoms with van der Waals surface area (Å²) in [5, 5.41) is 12.5. The molecule has 0 atom stereocenters. The zero-order chi connectivity index (χ0) is 16.2. The van der Waals surface area contributed by atoms with Crippen LogP contribution < -0.4 is 5.32 Å². The zero-order valence-corrected chi connectivity index (χ0v) is 15.1. The van der Waals surface area contributed by atoms with E-state index in [0.717, 1.165) is 21.0 Å². The second-order valence-corrected chi connectivity index (χ2v) is 7.67. The molecule has 0 fully saturated rings. The summed E-state index contributed by atoms with van der Waals surface area (Å²) in [4.78, 5) is 0. The number of benzene rings is 1. The molecule has 6 heteroatoms. The number of aromatic nitrogens is 2. The Labute approximate surface area is 144 Å². The van der Waals surface area contributed by atoms with Crippen molar-refractivity contribution < 1.29 is 4.42 Å². The van der Waals surface area contributed by atoms with Crippen LogP contribution in [0.5, 0.6) is 0 Å². The van der Waals surface area contributed by atoms with Crippen LogP contribution in [0.25, 0.3) is 0 Å². The van der Waals surface area contributed by atoms with Crippen molar-refractivity contribution in [3.8, 4) is 0 Å². The van der Waals surface area contributed by atoms with E-state index < -0.39 is 0 Å². The van der Waals surface area contributed by atoms with Gasteiger partial charge in [-0.15, -0.1) is 10.2 Å². The summed E-state index contributed by atoms with van der Waals surface area (Å²) in [7, 11) is 0. The minimum atomic E-state index is 0.627. The van der Waals surface area contributed by atoms with E-state index in [4.69, 9.17) is 4.42 Å². The Bertz CT molecular complexity index is 758. The highest BCUT2D eigenvalue weighted by molar-refractivity contribution is 8.00. The van der Waals surface area contributed by atoms with Gasteiger partial charge >= 0.3 is 0 Å². The van der Waals surface area contributed by atoms with Crippen LogP contribution in [-0.2, 0) is 12.3 Å². The van der Waals surface area contributed by atoms with Crippen molar-refractivity contribution in [1.29, 1.82) is 0 Å². The molecule has 4 nitrogen and oxygen atoms in total. The zero-order valence-electron chi connectivity index (χ0n) is 13.4. The molecule has 23 heavy (non-hydrogen) atoms. The molecule has 0 spiro atoms. The summed E-state index contributed by atoms with van der Waals surface area (Å²) in [6, 6.07) is 8.29. The van der Waals surface area contributed by atoms with Gasteiger partial charge in [0, 0.05) is 5.75 Å². The second-order valence-electron chi connectivity index (χ2n) is 5.47. The first-order chi connectivity index (χ1) is 11.1. The lowest BCUT2D eigenvalue weighted by Gasteiger charge is -2.09. The average molecular weight is 345 g/mol. The number of furan rings is 1. The van der Waals surface area contributed by atoms with E-state index in [0.29, 0.717) is 6.54 Å². The van der Waals surface area contributed by atoms with Crippen LogP contribution in [0, 0.1) is 20.8 Å². The summed E-state index contributed by atoms with van der Waals surface area (Å²) in [6.07, 6.45) is 1.67. The minimum absolute atomic E-state index is 0.627. The Hall–Kier alpha value is -1.79. The molecule has 0 aliphatic carbocycles. The first-order valence-corrected chi connectivity index (χ1v) is 9.21. The lowest BCUT2D eigenvalue weighted by molar-refractivity contribution is 0.518. The lowest BCUT2D eigenvalue weighted by atomic mass is 10.0. The van der Waals surface area contributed by atoms with Gasteiger partial charge in [-0.2, -0.15) is 0 Å². The second kappa shape index (κ2) is 7.19. The first-order valence-electron chi connectivity index (χ1n) is 7.41. The fraction of sp³-hybridized carbons (Fsp3) is 0.294. The molecule has 3 rings (SSSR count). The van der Waals surface area contributed by atoms with Crippen LogP contribution in [0.4, 0.5) is 5.13 Å². The number of aryl methyl sites for hydroxylation is 3. The van der Waals surface area contributed by atoms with Gasteiger partial charge < -0.3 is 9.73 Å². The lowest BCUT2D eigenvalue weighted by Crippen LogP contribution is -1.96. The van der Waals surface area contributed by atoms with Gasteiger partial charge in [0.2, 0.25) is 5.13 Å². The number of thioether (sulfide) groups is 1. The molecular formula is C17H19N3OS2. The number of hydrogen-bond donors (Lipinski definition) is 1. The largest absolute Gasteiger partial charge is 0.467 e. The molecule has 2 heterocycles. The fourth-order valence-electron chi connectivity index (χ4n) is 2.49. The maximum absolute atomic E-state index is 5.29. The Morgan fingerprint density at radius 3 is 2.65 bits per heavy atom. The Morgan fingerprint density at radius 1 is 1.17 bits per heavy atom. The first kappa shape index (κ1) is 16.1. The molecule has 3 aromatic rings. The van der Waals surface area contributed by atoms with Crippen molar-refractivity contribution in [3.63, 3.8) is 0 Å². The summed E-state index contributed by atoms with van der Waals surface area (Å²) >= 11 is 3.31. The van der Waals surface area contributed by atoms with E-state index in [2.05, 4.69) is 48.4 Å². The van der Waals surface area contributed by atoms with Gasteiger partial charge in [0.1, 0.15) is 5.76 Å². The van der Waals surface area contributed by atoms with Gasteiger partial charge in [-0.25, -0.2) is 0 Å². The molecule has 1 N–H and O–H groups in total. The summed E-state index contributed by atoms with van der Waals surface area (Å²) in [5.74, 6) is 1.81. The highest BCUT2D eigenvalue weighted by atomic mass is 32.2. The maximum atomic E-state index is 5.29. The molecule has 0 saturated carbocycles. The Morgan fingerprint density at radius 2 is 1.96 bits per heavy atom. The summed E-state index contributed by atoms with van der Waals surface area (Å²) in [6.45, 7) is 7.11. The van der Waals surface area contributed by atoms with Crippen molar-refractivity contribution in [3.05, 3.63) is 58.5 Å². The molecule has 0 unspecified atom stereocenters. The number of anilines is 1. The minimum Gasteiger partial charge on any atom is -0.467 e. The van der Waals surface area contributed by atoms with E-state index in [1.54, 1.807) is 29.4 Å². The smallest absolute Gasteiger partial charge is 0.206 e. The maximum Gasteiger partial charge on any atom is 0.206 e. The van der Waals surface area contributed by atoms with Gasteiger partial charge in [-0.3, -0.25) is 0 Å². The molecule has 0 radical (unpaired) electrons. The van der Waals surface area contributed by atoms with Crippen molar-refractivity contribution in [1.82, 2.24) is 10.2 Å². The van der Waals surface area contributed by atoms with E-state index in [1.807, 2.05) is 12.1 Å². The number of nitrogens with one attached hydrogen (secondary N) is 1. The average Bonchev–Trinajstić information content (AvgIpc) is 3.15. The van der Waals surface area contributed by atoms with Crippen LogP contribution in [0.15, 0.2) is 39.3 Å². The van der Waals surface area contributed by atoms with Crippen molar-refractivity contribution >= 4 is 28.2 Å². The van der Waals surface area contributed by atoms with Crippen LogP contribution in [0.2, 0.25) is 0 Å². The fourth-order valence-corrected chi connectivity index (χ4v) is 4.43. The van der Waals surface area contributed by atoms with Crippen molar-refractivity contribution in [2.45, 2.75) is 37.4 Å². The Balaban J connectivity index is 1.59. The van der Waals surface area contributed by atoms with Crippen LogP contribution in [0.1, 0.15) is 28.0 Å². The van der Waals surface area contributed by atoms with Crippen molar-refractivity contribution in [2.75, 3.05) is 5.32 Å². The van der Waals surface area contributed by atoms with Gasteiger partial charge in [0.15, 0.2) is 4.34 Å². The highest BCUT2D eigenvalue weighted by Crippen LogP contribution is 2.30. The van der Waals surface area contributed by atoms with Crippen molar-refractivity contribution in [2.24, 2.45) is 0 Å².